The predicted molar refractivity (Wildman–Crippen MR) is 94.7 cm³/mol. The summed E-state index contributed by atoms with van der Waals surface area (Å²) in [6, 6.07) is 11.2. The molecule has 2 aromatic rings. The first-order valence-corrected chi connectivity index (χ1v) is 8.52. The fourth-order valence-corrected chi connectivity index (χ4v) is 3.79. The van der Waals surface area contributed by atoms with Crippen molar-refractivity contribution in [1.29, 1.82) is 0 Å². The molecule has 27 heavy (non-hydrogen) atoms. The van der Waals surface area contributed by atoms with Gasteiger partial charge in [0, 0.05) is 11.8 Å². The number of rotatable bonds is 2. The number of ether oxygens (including phenoxy) is 2. The van der Waals surface area contributed by atoms with Gasteiger partial charge in [0.2, 0.25) is 0 Å². The highest BCUT2D eigenvalue weighted by Crippen LogP contribution is 2.40. The van der Waals surface area contributed by atoms with Gasteiger partial charge in [0.05, 0.1) is 23.4 Å². The van der Waals surface area contributed by atoms with Crippen LogP contribution < -0.4 is 15.4 Å². The number of hydrogen-bond acceptors (Lipinski definition) is 6. The number of hydrogen-bond donors (Lipinski definition) is 1. The molecule has 0 bridgehead atoms. The van der Waals surface area contributed by atoms with Gasteiger partial charge in [0.1, 0.15) is 24.5 Å². The monoisotopic (exact) mass is 365 g/mol. The van der Waals surface area contributed by atoms with Crippen LogP contribution >= 0.6 is 0 Å². The normalized spacial score (nSPS) is 22.9. The van der Waals surface area contributed by atoms with Crippen molar-refractivity contribution in [3.05, 3.63) is 53.6 Å². The summed E-state index contributed by atoms with van der Waals surface area (Å²) in [4.78, 5) is 40.2. The quantitative estimate of drug-likeness (QED) is 0.641. The van der Waals surface area contributed by atoms with E-state index in [0.29, 0.717) is 28.3 Å². The summed E-state index contributed by atoms with van der Waals surface area (Å²) in [6.07, 6.45) is -1.21. The lowest BCUT2D eigenvalue weighted by molar-refractivity contribution is 0.0513. The molecule has 2 aromatic carbocycles. The van der Waals surface area contributed by atoms with Gasteiger partial charge in [-0.05, 0) is 24.3 Å². The van der Waals surface area contributed by atoms with Crippen molar-refractivity contribution in [3.63, 3.8) is 0 Å². The van der Waals surface area contributed by atoms with E-state index in [2.05, 4.69) is 0 Å². The average Bonchev–Trinajstić information content (AvgIpc) is 3.12. The molecule has 1 fully saturated rings. The predicted octanol–water partition coefficient (Wildman–Crippen LogP) is 1.65. The van der Waals surface area contributed by atoms with Crippen molar-refractivity contribution in [2.24, 2.45) is 0 Å². The van der Waals surface area contributed by atoms with Crippen molar-refractivity contribution in [2.75, 3.05) is 23.8 Å². The molecule has 2 atom stereocenters. The zero-order valence-electron chi connectivity index (χ0n) is 14.1. The van der Waals surface area contributed by atoms with E-state index in [-0.39, 0.29) is 25.0 Å². The molecule has 2 N–H and O–H groups in total. The number of imide groups is 1. The van der Waals surface area contributed by atoms with E-state index in [1.165, 1.54) is 4.90 Å². The molecule has 8 nitrogen and oxygen atoms in total. The largest absolute Gasteiger partial charge is 0.489 e. The number of nitrogens with zero attached hydrogens (tertiary/aromatic N) is 2. The second kappa shape index (κ2) is 5.47. The van der Waals surface area contributed by atoms with Gasteiger partial charge in [0.15, 0.2) is 0 Å². The lowest BCUT2D eigenvalue weighted by Crippen LogP contribution is -2.48. The smallest absolute Gasteiger partial charge is 0.415 e. The second-order valence-electron chi connectivity index (χ2n) is 6.66. The highest BCUT2D eigenvalue weighted by Gasteiger charge is 2.49. The molecular formula is C19H15N3O5. The Labute approximate surface area is 154 Å². The molecule has 0 spiro atoms. The molecule has 3 heterocycles. The van der Waals surface area contributed by atoms with Gasteiger partial charge in [0.25, 0.3) is 11.8 Å². The third-order valence-corrected chi connectivity index (χ3v) is 5.10. The molecule has 1 saturated heterocycles. The Balaban J connectivity index is 1.42. The molecule has 3 aliphatic rings. The van der Waals surface area contributed by atoms with Crippen molar-refractivity contribution >= 4 is 29.3 Å². The standard InChI is InChI=1S/C19H15N3O5/c20-10-5-6-13-15(7-10)26-9-14-16(27-19(25)22(13)14)8-21-17(23)11-3-1-2-4-12(11)18(21)24/h1-7,14,16H,8-9,20H2/t14-,16-/m0/s1. The third-order valence-electron chi connectivity index (χ3n) is 5.10. The Morgan fingerprint density at radius 2 is 1.74 bits per heavy atom. The maximum absolute atomic E-state index is 12.6. The summed E-state index contributed by atoms with van der Waals surface area (Å²) in [5, 5.41) is 0. The van der Waals surface area contributed by atoms with E-state index in [1.807, 2.05) is 0 Å². The Morgan fingerprint density at radius 3 is 2.44 bits per heavy atom. The fourth-order valence-electron chi connectivity index (χ4n) is 3.79. The summed E-state index contributed by atoms with van der Waals surface area (Å²) in [5.74, 6) is -0.255. The molecule has 3 amide bonds. The number of fused-ring (bicyclic) bond motifs is 4. The van der Waals surface area contributed by atoms with Gasteiger partial charge >= 0.3 is 6.09 Å². The number of benzene rings is 2. The number of carbonyl (C=O) groups excluding carboxylic acids is 3. The lowest BCUT2D eigenvalue weighted by Gasteiger charge is -2.32. The summed E-state index contributed by atoms with van der Waals surface area (Å²) in [6.45, 7) is 0.170. The number of nitrogens with two attached hydrogens (primary N) is 1. The topological polar surface area (TPSA) is 102 Å². The van der Waals surface area contributed by atoms with Gasteiger partial charge in [-0.3, -0.25) is 19.4 Å². The van der Waals surface area contributed by atoms with Crippen LogP contribution in [0.3, 0.4) is 0 Å². The highest BCUT2D eigenvalue weighted by molar-refractivity contribution is 6.21. The van der Waals surface area contributed by atoms with Gasteiger partial charge in [-0.15, -0.1) is 0 Å². The Morgan fingerprint density at radius 1 is 1.04 bits per heavy atom. The second-order valence-corrected chi connectivity index (χ2v) is 6.66. The first-order chi connectivity index (χ1) is 13.0. The molecule has 5 rings (SSSR count). The van der Waals surface area contributed by atoms with Crippen LogP contribution in [0.2, 0.25) is 0 Å². The first kappa shape index (κ1) is 15.7. The van der Waals surface area contributed by atoms with E-state index in [0.717, 1.165) is 4.90 Å². The van der Waals surface area contributed by atoms with Crippen molar-refractivity contribution in [3.8, 4) is 5.75 Å². The van der Waals surface area contributed by atoms with Gasteiger partial charge in [-0.25, -0.2) is 4.79 Å². The number of anilines is 2. The van der Waals surface area contributed by atoms with Crippen LogP contribution in [0.4, 0.5) is 16.2 Å². The van der Waals surface area contributed by atoms with Crippen LogP contribution in [0.25, 0.3) is 0 Å². The SMILES string of the molecule is Nc1ccc2c(c1)OC[C@H]1[C@H](CN3C(=O)c4ccccc4C3=O)OC(=O)N21. The van der Waals surface area contributed by atoms with E-state index >= 15 is 0 Å². The summed E-state index contributed by atoms with van der Waals surface area (Å²) in [5.41, 5.74) is 7.59. The van der Waals surface area contributed by atoms with Crippen LogP contribution in [0, 0.1) is 0 Å². The number of carbonyl (C=O) groups is 3. The molecule has 3 aliphatic heterocycles. The first-order valence-electron chi connectivity index (χ1n) is 8.52. The summed E-state index contributed by atoms with van der Waals surface area (Å²) >= 11 is 0. The molecule has 0 radical (unpaired) electrons. The van der Waals surface area contributed by atoms with Crippen LogP contribution in [-0.2, 0) is 4.74 Å². The zero-order valence-corrected chi connectivity index (χ0v) is 14.1. The van der Waals surface area contributed by atoms with E-state index in [4.69, 9.17) is 15.2 Å². The Kier molecular flexibility index (Phi) is 3.18. The van der Waals surface area contributed by atoms with Gasteiger partial charge < -0.3 is 15.2 Å². The van der Waals surface area contributed by atoms with E-state index in [9.17, 15) is 14.4 Å². The van der Waals surface area contributed by atoms with Crippen molar-refractivity contribution in [1.82, 2.24) is 4.90 Å². The van der Waals surface area contributed by atoms with Crippen LogP contribution in [0.15, 0.2) is 42.5 Å². The van der Waals surface area contributed by atoms with Crippen LogP contribution in [-0.4, -0.2) is 48.1 Å². The Hall–Kier alpha value is -3.55. The summed E-state index contributed by atoms with van der Waals surface area (Å²) in [7, 11) is 0. The molecule has 0 aromatic heterocycles. The Bertz CT molecular complexity index is 970. The lowest BCUT2D eigenvalue weighted by atomic mass is 10.1. The van der Waals surface area contributed by atoms with E-state index in [1.54, 1.807) is 42.5 Å². The zero-order chi connectivity index (χ0) is 18.7. The molecule has 0 unspecified atom stereocenters. The van der Waals surface area contributed by atoms with E-state index < -0.39 is 18.2 Å². The fraction of sp³-hybridized carbons (Fsp3) is 0.211. The van der Waals surface area contributed by atoms with Gasteiger partial charge in [-0.1, -0.05) is 12.1 Å². The molecule has 8 heteroatoms. The maximum Gasteiger partial charge on any atom is 0.415 e. The van der Waals surface area contributed by atoms with Crippen molar-refractivity contribution < 1.29 is 23.9 Å². The van der Waals surface area contributed by atoms with Crippen LogP contribution in [0.5, 0.6) is 5.75 Å². The number of nitrogen functional groups attached to an aromatic ring is 1. The molecule has 136 valence electrons. The minimum absolute atomic E-state index is 0.0209. The molecule has 0 saturated carbocycles. The minimum atomic E-state index is -0.676. The van der Waals surface area contributed by atoms with Crippen molar-refractivity contribution in [2.45, 2.75) is 12.1 Å². The minimum Gasteiger partial charge on any atom is -0.489 e. The number of amides is 3. The molecular weight excluding hydrogens is 350 g/mol. The summed E-state index contributed by atoms with van der Waals surface area (Å²) < 4.78 is 11.2. The molecule has 0 aliphatic carbocycles. The average molecular weight is 365 g/mol. The highest BCUT2D eigenvalue weighted by atomic mass is 16.6. The van der Waals surface area contributed by atoms with Gasteiger partial charge in [-0.2, -0.15) is 0 Å². The number of cyclic esters (lactones) is 1. The van der Waals surface area contributed by atoms with Crippen LogP contribution in [0.1, 0.15) is 20.7 Å². The third kappa shape index (κ3) is 2.19. The maximum atomic E-state index is 12.6.